The topological polar surface area (TPSA) is 9.23 Å². The van der Waals surface area contributed by atoms with E-state index in [2.05, 4.69) is 40.2 Å². The number of halogens is 1. The van der Waals surface area contributed by atoms with E-state index in [0.29, 0.717) is 10.7 Å². The molecule has 2 heterocycles. The van der Waals surface area contributed by atoms with E-state index in [1.54, 1.807) is 5.56 Å². The average molecular weight is 313 g/mol. The third-order valence-electron chi connectivity index (χ3n) is 3.77. The van der Waals surface area contributed by atoms with E-state index >= 15 is 0 Å². The summed E-state index contributed by atoms with van der Waals surface area (Å²) < 4.78 is 5.61. The van der Waals surface area contributed by atoms with Gasteiger partial charge in [0.25, 0.3) is 0 Å². The Morgan fingerprint density at radius 2 is 2.24 bits per heavy atom. The molecule has 3 atom stereocenters. The van der Waals surface area contributed by atoms with Gasteiger partial charge in [-0.1, -0.05) is 34.1 Å². The maximum absolute atomic E-state index is 5.61. The van der Waals surface area contributed by atoms with Gasteiger partial charge in [-0.2, -0.15) is 0 Å². The fourth-order valence-electron chi connectivity index (χ4n) is 2.78. The second-order valence-electron chi connectivity index (χ2n) is 4.92. The van der Waals surface area contributed by atoms with Gasteiger partial charge in [-0.25, -0.2) is 0 Å². The summed E-state index contributed by atoms with van der Waals surface area (Å²) in [5.41, 5.74) is 1.56. The van der Waals surface area contributed by atoms with Crippen molar-refractivity contribution in [2.24, 2.45) is 5.92 Å². The minimum atomic E-state index is 0.647. The number of benzene rings is 1. The largest absolute Gasteiger partial charge is 0.381 e. The summed E-state index contributed by atoms with van der Waals surface area (Å²) in [7, 11) is 0. The Bertz CT molecular complexity index is 396. The SMILES string of the molecule is BrC1CCOCC1CC1CSc2ccccc21. The summed E-state index contributed by atoms with van der Waals surface area (Å²) in [5, 5.41) is 0. The molecule has 3 rings (SSSR count). The van der Waals surface area contributed by atoms with Crippen LogP contribution in [0.3, 0.4) is 0 Å². The fraction of sp³-hybridized carbons (Fsp3) is 0.571. The Hall–Kier alpha value is 0.0100. The maximum Gasteiger partial charge on any atom is 0.0505 e. The average Bonchev–Trinajstić information content (AvgIpc) is 2.76. The predicted molar refractivity (Wildman–Crippen MR) is 76.2 cm³/mol. The number of thioether (sulfide) groups is 1. The Labute approximate surface area is 115 Å². The molecule has 0 bridgehead atoms. The van der Waals surface area contributed by atoms with Gasteiger partial charge in [-0.3, -0.25) is 0 Å². The summed E-state index contributed by atoms with van der Waals surface area (Å²) in [5.74, 6) is 2.65. The number of ether oxygens (including phenoxy) is 1. The van der Waals surface area contributed by atoms with Gasteiger partial charge in [0.05, 0.1) is 6.61 Å². The highest BCUT2D eigenvalue weighted by Gasteiger charge is 2.30. The highest BCUT2D eigenvalue weighted by Crippen LogP contribution is 2.43. The van der Waals surface area contributed by atoms with Crippen LogP contribution in [0.4, 0.5) is 0 Å². The minimum absolute atomic E-state index is 0.647. The van der Waals surface area contributed by atoms with Crippen LogP contribution in [0.5, 0.6) is 0 Å². The summed E-state index contributed by atoms with van der Waals surface area (Å²) >= 11 is 5.82. The number of fused-ring (bicyclic) bond motifs is 1. The summed E-state index contributed by atoms with van der Waals surface area (Å²) in [6.45, 7) is 1.85. The van der Waals surface area contributed by atoms with Gasteiger partial charge in [-0.15, -0.1) is 11.8 Å². The minimum Gasteiger partial charge on any atom is -0.381 e. The van der Waals surface area contributed by atoms with Crippen LogP contribution in [0.15, 0.2) is 29.2 Å². The molecule has 17 heavy (non-hydrogen) atoms. The molecular formula is C14H17BrOS. The molecule has 3 heteroatoms. The zero-order valence-corrected chi connectivity index (χ0v) is 12.2. The van der Waals surface area contributed by atoms with Crippen molar-refractivity contribution in [2.45, 2.75) is 28.5 Å². The molecule has 2 aliphatic heterocycles. The molecule has 0 aromatic heterocycles. The summed E-state index contributed by atoms with van der Waals surface area (Å²) in [4.78, 5) is 2.13. The Morgan fingerprint density at radius 3 is 3.12 bits per heavy atom. The predicted octanol–water partition coefficient (Wildman–Crippen LogP) is 4.07. The van der Waals surface area contributed by atoms with Crippen molar-refractivity contribution < 1.29 is 4.74 Å². The molecule has 0 radical (unpaired) electrons. The van der Waals surface area contributed by atoms with E-state index in [1.165, 1.54) is 17.1 Å². The van der Waals surface area contributed by atoms with Crippen LogP contribution >= 0.6 is 27.7 Å². The van der Waals surface area contributed by atoms with Gasteiger partial charge in [0, 0.05) is 22.1 Å². The molecule has 1 aromatic rings. The zero-order chi connectivity index (χ0) is 11.7. The lowest BCUT2D eigenvalue weighted by Gasteiger charge is -2.29. The van der Waals surface area contributed by atoms with Gasteiger partial charge < -0.3 is 4.74 Å². The first-order valence-electron chi connectivity index (χ1n) is 6.28. The van der Waals surface area contributed by atoms with Crippen LogP contribution < -0.4 is 0 Å². The van der Waals surface area contributed by atoms with Crippen molar-refractivity contribution in [1.82, 2.24) is 0 Å². The molecular weight excluding hydrogens is 296 g/mol. The lowest BCUT2D eigenvalue weighted by Crippen LogP contribution is -2.29. The molecule has 1 aromatic carbocycles. The first kappa shape index (κ1) is 12.1. The van der Waals surface area contributed by atoms with Crippen LogP contribution in [0.1, 0.15) is 24.3 Å². The van der Waals surface area contributed by atoms with Gasteiger partial charge >= 0.3 is 0 Å². The maximum atomic E-state index is 5.61. The lowest BCUT2D eigenvalue weighted by molar-refractivity contribution is 0.0553. The van der Waals surface area contributed by atoms with E-state index in [1.807, 2.05) is 11.8 Å². The second kappa shape index (κ2) is 5.33. The van der Waals surface area contributed by atoms with Crippen LogP contribution in [-0.2, 0) is 4.74 Å². The second-order valence-corrected chi connectivity index (χ2v) is 7.16. The summed E-state index contributed by atoms with van der Waals surface area (Å²) in [6.07, 6.45) is 2.42. The quantitative estimate of drug-likeness (QED) is 0.761. The number of rotatable bonds is 2. The molecule has 1 fully saturated rings. The van der Waals surface area contributed by atoms with Gasteiger partial charge in [0.15, 0.2) is 0 Å². The first-order chi connectivity index (χ1) is 8.34. The van der Waals surface area contributed by atoms with Crippen LogP contribution in [0.2, 0.25) is 0 Å². The van der Waals surface area contributed by atoms with Crippen molar-refractivity contribution in [1.29, 1.82) is 0 Å². The van der Waals surface area contributed by atoms with E-state index in [0.717, 1.165) is 25.6 Å². The van der Waals surface area contributed by atoms with Crippen molar-refractivity contribution in [3.05, 3.63) is 29.8 Å². The molecule has 3 unspecified atom stereocenters. The van der Waals surface area contributed by atoms with Crippen molar-refractivity contribution in [2.75, 3.05) is 19.0 Å². The Morgan fingerprint density at radius 1 is 1.35 bits per heavy atom. The normalized spacial score (nSPS) is 32.4. The molecule has 0 N–H and O–H groups in total. The molecule has 0 saturated carbocycles. The first-order valence-corrected chi connectivity index (χ1v) is 8.18. The van der Waals surface area contributed by atoms with Gasteiger partial charge in [0.1, 0.15) is 0 Å². The number of hydrogen-bond donors (Lipinski definition) is 0. The molecule has 1 nitrogen and oxygen atoms in total. The van der Waals surface area contributed by atoms with E-state index in [9.17, 15) is 0 Å². The van der Waals surface area contributed by atoms with Crippen LogP contribution in [0.25, 0.3) is 0 Å². The van der Waals surface area contributed by atoms with Crippen LogP contribution in [0, 0.1) is 5.92 Å². The van der Waals surface area contributed by atoms with E-state index in [4.69, 9.17) is 4.74 Å². The Balaban J connectivity index is 1.70. The van der Waals surface area contributed by atoms with Crippen molar-refractivity contribution in [3.63, 3.8) is 0 Å². The zero-order valence-electron chi connectivity index (χ0n) is 9.77. The molecule has 0 aliphatic carbocycles. The highest BCUT2D eigenvalue weighted by molar-refractivity contribution is 9.09. The lowest BCUT2D eigenvalue weighted by atomic mass is 9.87. The third kappa shape index (κ3) is 2.56. The molecule has 92 valence electrons. The van der Waals surface area contributed by atoms with Gasteiger partial charge in [-0.05, 0) is 36.3 Å². The summed E-state index contributed by atoms with van der Waals surface area (Å²) in [6, 6.07) is 8.86. The molecule has 0 spiro atoms. The van der Waals surface area contributed by atoms with Crippen LogP contribution in [-0.4, -0.2) is 23.8 Å². The molecule has 1 saturated heterocycles. The highest BCUT2D eigenvalue weighted by atomic mass is 79.9. The van der Waals surface area contributed by atoms with E-state index < -0.39 is 0 Å². The smallest absolute Gasteiger partial charge is 0.0505 e. The number of hydrogen-bond acceptors (Lipinski definition) is 2. The monoisotopic (exact) mass is 312 g/mol. The molecule has 2 aliphatic rings. The van der Waals surface area contributed by atoms with Gasteiger partial charge in [0.2, 0.25) is 0 Å². The molecule has 0 amide bonds. The van der Waals surface area contributed by atoms with Crippen molar-refractivity contribution in [3.8, 4) is 0 Å². The standard InChI is InChI=1S/C14H17BrOS/c15-13-5-6-16-8-10(13)7-11-9-17-14-4-2-1-3-12(11)14/h1-4,10-11,13H,5-9H2. The van der Waals surface area contributed by atoms with E-state index in [-0.39, 0.29) is 0 Å². The number of alkyl halides is 1. The van der Waals surface area contributed by atoms with Crippen molar-refractivity contribution >= 4 is 27.7 Å². The fourth-order valence-corrected chi connectivity index (χ4v) is 4.60. The third-order valence-corrected chi connectivity index (χ3v) is 6.22. The Kier molecular flexibility index (Phi) is 3.78.